The summed E-state index contributed by atoms with van der Waals surface area (Å²) in [5.74, 6) is 0. The average molecular weight is 181 g/mol. The van der Waals surface area contributed by atoms with Gasteiger partial charge in [0.15, 0.2) is 0 Å². The van der Waals surface area contributed by atoms with Gasteiger partial charge >= 0.3 is 29.6 Å². The van der Waals surface area contributed by atoms with Crippen LogP contribution in [0.4, 0.5) is 0 Å². The summed E-state index contributed by atoms with van der Waals surface area (Å²) in [4.78, 5) is -0.0741. The Kier molecular flexibility index (Phi) is 4.28. The minimum atomic E-state index is -4.00. The van der Waals surface area contributed by atoms with Gasteiger partial charge in [0.1, 0.15) is 0 Å². The molecule has 0 bridgehead atoms. The molecule has 54 valence electrons. The van der Waals surface area contributed by atoms with Gasteiger partial charge in [-0.1, -0.05) is 18.2 Å². The largest absolute Gasteiger partial charge is 1.00 e. The second-order valence-corrected chi connectivity index (χ2v) is 3.21. The monoisotopic (exact) mass is 181 g/mol. The Balaban J connectivity index is 0.000001000. The van der Waals surface area contributed by atoms with Crippen molar-refractivity contribution in [2.24, 2.45) is 0 Å². The summed E-state index contributed by atoms with van der Waals surface area (Å²) in [6.45, 7) is 0. The van der Waals surface area contributed by atoms with E-state index < -0.39 is 10.1 Å². The van der Waals surface area contributed by atoms with Gasteiger partial charge in [-0.3, -0.25) is 4.55 Å². The number of rotatable bonds is 1. The molecule has 1 aromatic carbocycles. The quantitative estimate of drug-likeness (QED) is 0.400. The van der Waals surface area contributed by atoms with Crippen molar-refractivity contribution in [1.82, 2.24) is 0 Å². The van der Waals surface area contributed by atoms with E-state index >= 15 is 0 Å². The van der Waals surface area contributed by atoms with Gasteiger partial charge in [0.05, 0.1) is 4.90 Å². The molecule has 0 unspecified atom stereocenters. The summed E-state index contributed by atoms with van der Waals surface area (Å²) >= 11 is 0. The van der Waals surface area contributed by atoms with Crippen molar-refractivity contribution in [3.05, 3.63) is 30.3 Å². The molecule has 1 N–H and O–H groups in total. The summed E-state index contributed by atoms with van der Waals surface area (Å²) in [5, 5.41) is 0. The molecule has 0 aliphatic rings. The van der Waals surface area contributed by atoms with Gasteiger partial charge in [-0.2, -0.15) is 8.42 Å². The van der Waals surface area contributed by atoms with E-state index in [1.54, 1.807) is 18.2 Å². The molecule has 11 heavy (non-hydrogen) atoms. The second kappa shape index (κ2) is 4.23. The molecular formula is C6H6NaO3S+. The fourth-order valence-corrected chi connectivity index (χ4v) is 1.09. The normalized spacial score (nSPS) is 10.3. The zero-order chi connectivity index (χ0) is 7.61. The molecule has 0 saturated carbocycles. The van der Waals surface area contributed by atoms with Gasteiger partial charge in [0, 0.05) is 0 Å². The Labute approximate surface area is 87.5 Å². The van der Waals surface area contributed by atoms with Crippen molar-refractivity contribution >= 4 is 10.1 Å². The van der Waals surface area contributed by atoms with Crippen molar-refractivity contribution in [2.45, 2.75) is 4.90 Å². The molecule has 0 atom stereocenters. The van der Waals surface area contributed by atoms with E-state index in [0.717, 1.165) is 0 Å². The topological polar surface area (TPSA) is 54.4 Å². The van der Waals surface area contributed by atoms with E-state index in [2.05, 4.69) is 0 Å². The van der Waals surface area contributed by atoms with Crippen molar-refractivity contribution in [1.29, 1.82) is 0 Å². The van der Waals surface area contributed by atoms with Gasteiger partial charge in [-0.05, 0) is 12.1 Å². The van der Waals surface area contributed by atoms with E-state index in [-0.39, 0.29) is 34.5 Å². The Morgan fingerprint density at radius 3 is 1.82 bits per heavy atom. The molecule has 0 spiro atoms. The van der Waals surface area contributed by atoms with Gasteiger partial charge in [-0.15, -0.1) is 0 Å². The van der Waals surface area contributed by atoms with Crippen molar-refractivity contribution in [3.8, 4) is 0 Å². The fourth-order valence-electron chi connectivity index (χ4n) is 0.592. The van der Waals surface area contributed by atoms with Crippen LogP contribution in [0.25, 0.3) is 0 Å². The smallest absolute Gasteiger partial charge is 0.282 e. The first-order valence-corrected chi connectivity index (χ1v) is 4.07. The molecule has 1 aromatic rings. The Bertz CT molecular complexity index is 306. The van der Waals surface area contributed by atoms with Crippen LogP contribution in [0.2, 0.25) is 0 Å². The van der Waals surface area contributed by atoms with E-state index in [1.807, 2.05) is 0 Å². The van der Waals surface area contributed by atoms with Crippen LogP contribution in [0.15, 0.2) is 35.2 Å². The zero-order valence-electron chi connectivity index (χ0n) is 6.06. The average Bonchev–Trinajstić information content (AvgIpc) is 1.88. The summed E-state index contributed by atoms with van der Waals surface area (Å²) < 4.78 is 29.2. The molecule has 0 heterocycles. The third-order valence-electron chi connectivity index (χ3n) is 1.04. The Morgan fingerprint density at radius 2 is 1.55 bits per heavy atom. The molecule has 0 aromatic heterocycles. The first-order chi connectivity index (χ1) is 4.61. The standard InChI is InChI=1S/C6H6O3S.Na/c7-10(8,9)6-4-2-1-3-5-6;/h1-5H,(H,7,8,9);/q;+1. The molecule has 5 heteroatoms. The molecule has 0 amide bonds. The number of benzene rings is 1. The second-order valence-electron chi connectivity index (χ2n) is 1.79. The summed E-state index contributed by atoms with van der Waals surface area (Å²) in [6, 6.07) is 7.42. The number of hydrogen-bond donors (Lipinski definition) is 1. The molecule has 0 aliphatic heterocycles. The zero-order valence-corrected chi connectivity index (χ0v) is 8.88. The van der Waals surface area contributed by atoms with Crippen molar-refractivity contribution in [2.75, 3.05) is 0 Å². The van der Waals surface area contributed by atoms with Crippen LogP contribution < -0.4 is 29.6 Å². The van der Waals surface area contributed by atoms with E-state index in [1.165, 1.54) is 12.1 Å². The van der Waals surface area contributed by atoms with Gasteiger partial charge in [-0.25, -0.2) is 0 Å². The summed E-state index contributed by atoms with van der Waals surface area (Å²) in [7, 11) is -4.00. The van der Waals surface area contributed by atoms with Gasteiger partial charge < -0.3 is 0 Å². The molecule has 0 aliphatic carbocycles. The van der Waals surface area contributed by atoms with Crippen LogP contribution in [0, 0.1) is 0 Å². The van der Waals surface area contributed by atoms with Crippen LogP contribution in [-0.4, -0.2) is 13.0 Å². The predicted octanol–water partition coefficient (Wildman–Crippen LogP) is -2.06. The Morgan fingerprint density at radius 1 is 1.09 bits per heavy atom. The molecule has 0 saturated heterocycles. The molecule has 0 radical (unpaired) electrons. The molecular weight excluding hydrogens is 175 g/mol. The van der Waals surface area contributed by atoms with Crippen LogP contribution in [-0.2, 0) is 10.1 Å². The van der Waals surface area contributed by atoms with Gasteiger partial charge in [0.2, 0.25) is 0 Å². The minimum Gasteiger partial charge on any atom is -0.282 e. The maximum atomic E-state index is 10.4. The minimum absolute atomic E-state index is 0. The summed E-state index contributed by atoms with van der Waals surface area (Å²) in [6.07, 6.45) is 0. The molecule has 3 nitrogen and oxygen atoms in total. The first-order valence-electron chi connectivity index (χ1n) is 2.63. The van der Waals surface area contributed by atoms with Crippen LogP contribution in [0.5, 0.6) is 0 Å². The number of hydrogen-bond acceptors (Lipinski definition) is 2. The molecule has 1 rings (SSSR count). The first kappa shape index (κ1) is 11.1. The fraction of sp³-hybridized carbons (Fsp3) is 0. The summed E-state index contributed by atoms with van der Waals surface area (Å²) in [5.41, 5.74) is 0. The van der Waals surface area contributed by atoms with E-state index in [9.17, 15) is 8.42 Å². The molecule has 0 fully saturated rings. The third-order valence-corrected chi connectivity index (χ3v) is 1.91. The van der Waals surface area contributed by atoms with Crippen LogP contribution in [0.3, 0.4) is 0 Å². The van der Waals surface area contributed by atoms with Crippen LogP contribution >= 0.6 is 0 Å². The van der Waals surface area contributed by atoms with E-state index in [0.29, 0.717) is 0 Å². The van der Waals surface area contributed by atoms with Crippen molar-refractivity contribution in [3.63, 3.8) is 0 Å². The third kappa shape index (κ3) is 3.35. The maximum absolute atomic E-state index is 10.4. The van der Waals surface area contributed by atoms with Crippen LogP contribution in [0.1, 0.15) is 0 Å². The predicted molar refractivity (Wildman–Crippen MR) is 36.3 cm³/mol. The Hall–Kier alpha value is 0.130. The van der Waals surface area contributed by atoms with Gasteiger partial charge in [0.25, 0.3) is 10.1 Å². The SMILES string of the molecule is O=S(=O)(O)c1ccccc1.[Na+]. The maximum Gasteiger partial charge on any atom is 1.00 e. The van der Waals surface area contributed by atoms with E-state index in [4.69, 9.17) is 4.55 Å². The van der Waals surface area contributed by atoms with Crippen molar-refractivity contribution < 1.29 is 42.5 Å².